The number of benzene rings is 1. The zero-order valence-electron chi connectivity index (χ0n) is 10.9. The third-order valence-electron chi connectivity index (χ3n) is 2.82. The van der Waals surface area contributed by atoms with Gasteiger partial charge >= 0.3 is 6.18 Å². The lowest BCUT2D eigenvalue weighted by molar-refractivity contribution is -0.137. The molecular weight excluding hydrogens is 365 g/mol. The van der Waals surface area contributed by atoms with E-state index < -0.39 is 11.7 Å². The van der Waals surface area contributed by atoms with Gasteiger partial charge in [0.25, 0.3) is 0 Å². The Balaban J connectivity index is 2.25. The minimum atomic E-state index is -4.50. The molecule has 0 fully saturated rings. The zero-order chi connectivity index (χ0) is 15.6. The van der Waals surface area contributed by atoms with Gasteiger partial charge in [-0.05, 0) is 47.1 Å². The molecule has 0 atom stereocenters. The maximum absolute atomic E-state index is 13.0. The van der Waals surface area contributed by atoms with Crippen LogP contribution in [0.3, 0.4) is 0 Å². The molecule has 7 heteroatoms. The van der Waals surface area contributed by atoms with Crippen molar-refractivity contribution in [2.75, 3.05) is 5.32 Å². The van der Waals surface area contributed by atoms with E-state index in [4.69, 9.17) is 5.26 Å². The molecule has 2 aromatic rings. The molecule has 1 N–H and O–H groups in total. The van der Waals surface area contributed by atoms with E-state index in [-0.39, 0.29) is 11.3 Å². The molecule has 0 saturated heterocycles. The number of anilines is 1. The quantitative estimate of drug-likeness (QED) is 0.788. The van der Waals surface area contributed by atoms with Crippen LogP contribution >= 0.6 is 27.3 Å². The molecule has 0 spiro atoms. The summed E-state index contributed by atoms with van der Waals surface area (Å²) in [4.78, 5) is 2.00. The number of hydrogen-bond donors (Lipinski definition) is 1. The van der Waals surface area contributed by atoms with E-state index in [9.17, 15) is 13.2 Å². The monoisotopic (exact) mass is 374 g/mol. The summed E-state index contributed by atoms with van der Waals surface area (Å²) in [5, 5.41) is 11.5. The van der Waals surface area contributed by atoms with Crippen LogP contribution in [0.25, 0.3) is 0 Å². The summed E-state index contributed by atoms with van der Waals surface area (Å²) in [6.07, 6.45) is -4.50. The highest BCUT2D eigenvalue weighted by molar-refractivity contribution is 9.10. The largest absolute Gasteiger partial charge is 0.418 e. The number of hydrogen-bond acceptors (Lipinski definition) is 3. The summed E-state index contributed by atoms with van der Waals surface area (Å²) in [5.41, 5.74) is -0.861. The molecule has 0 aliphatic rings. The first-order chi connectivity index (χ1) is 9.81. The Hall–Kier alpha value is -1.52. The smallest absolute Gasteiger partial charge is 0.380 e. The molecule has 0 aliphatic heterocycles. The summed E-state index contributed by atoms with van der Waals surface area (Å²) in [7, 11) is 0. The molecule has 110 valence electrons. The molecule has 21 heavy (non-hydrogen) atoms. The van der Waals surface area contributed by atoms with E-state index in [1.165, 1.54) is 23.5 Å². The number of nitriles is 1. The van der Waals surface area contributed by atoms with Gasteiger partial charge in [0.1, 0.15) is 0 Å². The van der Waals surface area contributed by atoms with Crippen LogP contribution in [0.1, 0.15) is 20.9 Å². The highest BCUT2D eigenvalue weighted by Gasteiger charge is 2.33. The maximum Gasteiger partial charge on any atom is 0.418 e. The second-order valence-corrected chi connectivity index (χ2v) is 6.54. The predicted molar refractivity (Wildman–Crippen MR) is 80.2 cm³/mol. The van der Waals surface area contributed by atoms with E-state index in [1.54, 1.807) is 6.07 Å². The second-order valence-electron chi connectivity index (χ2n) is 4.34. The minimum absolute atomic E-state index is 0.0115. The van der Waals surface area contributed by atoms with Crippen LogP contribution in [0.15, 0.2) is 28.7 Å². The lowest BCUT2D eigenvalue weighted by Crippen LogP contribution is -2.11. The van der Waals surface area contributed by atoms with E-state index in [0.717, 1.165) is 20.3 Å². The molecule has 0 aliphatic carbocycles. The number of nitrogens with zero attached hydrogens (tertiary/aromatic N) is 1. The highest BCUT2D eigenvalue weighted by Crippen LogP contribution is 2.36. The first kappa shape index (κ1) is 15.9. The summed E-state index contributed by atoms with van der Waals surface area (Å²) in [6.45, 7) is 2.23. The van der Waals surface area contributed by atoms with Gasteiger partial charge in [-0.3, -0.25) is 0 Å². The van der Waals surface area contributed by atoms with Crippen LogP contribution in [0.4, 0.5) is 18.9 Å². The van der Waals surface area contributed by atoms with Crippen molar-refractivity contribution in [2.24, 2.45) is 0 Å². The van der Waals surface area contributed by atoms with E-state index in [2.05, 4.69) is 21.2 Å². The predicted octanol–water partition coefficient (Wildman–Crippen LogP) is 5.32. The van der Waals surface area contributed by atoms with Gasteiger partial charge in [0.05, 0.1) is 17.2 Å². The van der Waals surface area contributed by atoms with Crippen LogP contribution in [-0.4, -0.2) is 0 Å². The molecule has 1 aromatic heterocycles. The van der Waals surface area contributed by atoms with Crippen molar-refractivity contribution in [3.05, 3.63) is 49.6 Å². The van der Waals surface area contributed by atoms with Crippen LogP contribution < -0.4 is 5.32 Å². The van der Waals surface area contributed by atoms with Gasteiger partial charge in [-0.2, -0.15) is 18.4 Å². The summed E-state index contributed by atoms with van der Waals surface area (Å²) >= 11 is 4.89. The lowest BCUT2D eigenvalue weighted by atomic mass is 10.1. The van der Waals surface area contributed by atoms with Crippen LogP contribution in [-0.2, 0) is 12.7 Å². The number of aryl methyl sites for hydroxylation is 1. The Labute approximate surface area is 132 Å². The van der Waals surface area contributed by atoms with E-state index in [0.29, 0.717) is 6.54 Å². The van der Waals surface area contributed by atoms with E-state index >= 15 is 0 Å². The van der Waals surface area contributed by atoms with Gasteiger partial charge < -0.3 is 5.32 Å². The van der Waals surface area contributed by atoms with Crippen molar-refractivity contribution < 1.29 is 13.2 Å². The van der Waals surface area contributed by atoms with Crippen molar-refractivity contribution in [3.63, 3.8) is 0 Å². The first-order valence-corrected chi connectivity index (χ1v) is 7.52. The Bertz CT molecular complexity index is 682. The third-order valence-corrected chi connectivity index (χ3v) is 4.95. The molecule has 0 amide bonds. The summed E-state index contributed by atoms with van der Waals surface area (Å²) in [5.74, 6) is 0. The maximum atomic E-state index is 13.0. The molecule has 1 aromatic carbocycles. The van der Waals surface area contributed by atoms with Gasteiger partial charge in [0, 0.05) is 26.5 Å². The fourth-order valence-electron chi connectivity index (χ4n) is 1.79. The van der Waals surface area contributed by atoms with E-state index in [1.807, 2.05) is 13.0 Å². The third kappa shape index (κ3) is 3.77. The number of alkyl halides is 3. The van der Waals surface area contributed by atoms with Crippen molar-refractivity contribution in [3.8, 4) is 6.07 Å². The topological polar surface area (TPSA) is 35.8 Å². The van der Waals surface area contributed by atoms with Gasteiger partial charge in [-0.25, -0.2) is 0 Å². The van der Waals surface area contributed by atoms with Gasteiger partial charge in [0.2, 0.25) is 0 Å². The molecule has 0 saturated carbocycles. The second kappa shape index (κ2) is 6.08. The Morgan fingerprint density at radius 2 is 2.05 bits per heavy atom. The van der Waals surface area contributed by atoms with Crippen molar-refractivity contribution in [1.82, 2.24) is 0 Å². The Morgan fingerprint density at radius 1 is 1.33 bits per heavy atom. The average Bonchev–Trinajstić information content (AvgIpc) is 2.74. The molecule has 2 rings (SSSR count). The van der Waals surface area contributed by atoms with Crippen molar-refractivity contribution in [2.45, 2.75) is 19.6 Å². The summed E-state index contributed by atoms with van der Waals surface area (Å²) < 4.78 is 40.0. The molecule has 0 bridgehead atoms. The minimum Gasteiger partial charge on any atom is -0.380 e. The lowest BCUT2D eigenvalue weighted by Gasteiger charge is -2.14. The van der Waals surface area contributed by atoms with Crippen LogP contribution in [0.2, 0.25) is 0 Å². The summed E-state index contributed by atoms with van der Waals surface area (Å²) in [6, 6.07) is 7.11. The van der Waals surface area contributed by atoms with Gasteiger partial charge in [-0.15, -0.1) is 11.3 Å². The SMILES string of the molecule is Cc1sc(CNc2ccc(C#N)cc2C(F)(F)F)cc1Br. The Kier molecular flexibility index (Phi) is 4.59. The number of halogens is 4. The Morgan fingerprint density at radius 3 is 2.57 bits per heavy atom. The number of nitrogens with one attached hydrogen (secondary N) is 1. The molecular formula is C14H10BrF3N2S. The first-order valence-electron chi connectivity index (χ1n) is 5.91. The standard InChI is InChI=1S/C14H10BrF3N2S/c1-8-12(15)5-10(21-8)7-20-13-3-2-9(6-19)4-11(13)14(16,17)18/h2-5,20H,7H2,1H3. The number of thiophene rings is 1. The van der Waals surface area contributed by atoms with Crippen molar-refractivity contribution >= 4 is 33.0 Å². The molecule has 1 heterocycles. The van der Waals surface area contributed by atoms with Crippen LogP contribution in [0.5, 0.6) is 0 Å². The number of rotatable bonds is 3. The normalized spacial score (nSPS) is 11.2. The zero-order valence-corrected chi connectivity index (χ0v) is 13.3. The fraction of sp³-hybridized carbons (Fsp3) is 0.214. The molecule has 0 unspecified atom stereocenters. The van der Waals surface area contributed by atoms with Gasteiger partial charge in [-0.1, -0.05) is 0 Å². The van der Waals surface area contributed by atoms with Crippen molar-refractivity contribution in [1.29, 1.82) is 5.26 Å². The highest BCUT2D eigenvalue weighted by atomic mass is 79.9. The molecule has 0 radical (unpaired) electrons. The van der Waals surface area contributed by atoms with Crippen LogP contribution in [0, 0.1) is 18.3 Å². The fourth-order valence-corrected chi connectivity index (χ4v) is 3.33. The average molecular weight is 375 g/mol. The van der Waals surface area contributed by atoms with Gasteiger partial charge in [0.15, 0.2) is 0 Å². The molecule has 2 nitrogen and oxygen atoms in total.